The van der Waals surface area contributed by atoms with Crippen molar-refractivity contribution in [3.8, 4) is 6.07 Å². The van der Waals surface area contributed by atoms with Gasteiger partial charge in [0.15, 0.2) is 0 Å². The Hall–Kier alpha value is -1.89. The van der Waals surface area contributed by atoms with Crippen molar-refractivity contribution >= 4 is 5.91 Å². The van der Waals surface area contributed by atoms with E-state index in [4.69, 9.17) is 5.26 Å². The van der Waals surface area contributed by atoms with Crippen molar-refractivity contribution in [2.45, 2.75) is 27.7 Å². The summed E-state index contributed by atoms with van der Waals surface area (Å²) in [5.41, 5.74) is 0.856. The summed E-state index contributed by atoms with van der Waals surface area (Å²) in [7, 11) is 0. The molecule has 1 amide bonds. The fourth-order valence-electron chi connectivity index (χ4n) is 1.24. The van der Waals surface area contributed by atoms with Gasteiger partial charge in [-0.1, -0.05) is 27.7 Å². The summed E-state index contributed by atoms with van der Waals surface area (Å²) in [6, 6.07) is 3.52. The van der Waals surface area contributed by atoms with Gasteiger partial charge in [0.2, 0.25) is 0 Å². The summed E-state index contributed by atoms with van der Waals surface area (Å²) in [5.74, 6) is 0.287. The smallest absolute Gasteiger partial charge is 0.252 e. The maximum atomic E-state index is 11.9. The summed E-state index contributed by atoms with van der Waals surface area (Å²) >= 11 is 0. The lowest BCUT2D eigenvalue weighted by atomic mass is 9.81. The molecule has 1 aromatic rings. The average Bonchev–Trinajstić information content (AvgIpc) is 2.36. The van der Waals surface area contributed by atoms with Gasteiger partial charge < -0.3 is 5.32 Å². The van der Waals surface area contributed by atoms with Gasteiger partial charge >= 0.3 is 0 Å². The van der Waals surface area contributed by atoms with Crippen molar-refractivity contribution in [2.24, 2.45) is 11.3 Å². The number of carbonyl (C=O) groups is 1. The number of nitriles is 1. The zero-order chi connectivity index (χ0) is 13.8. The molecule has 1 aromatic heterocycles. The number of amides is 1. The predicted octanol–water partition coefficient (Wildman–Crippen LogP) is 2.37. The van der Waals surface area contributed by atoms with Gasteiger partial charge in [0, 0.05) is 18.9 Å². The van der Waals surface area contributed by atoms with Crippen molar-refractivity contribution in [3.63, 3.8) is 0 Å². The first-order chi connectivity index (χ1) is 8.36. The van der Waals surface area contributed by atoms with Crippen LogP contribution in [0.5, 0.6) is 0 Å². The predicted molar refractivity (Wildman–Crippen MR) is 69.9 cm³/mol. The first kappa shape index (κ1) is 14.2. The van der Waals surface area contributed by atoms with E-state index in [0.29, 0.717) is 23.6 Å². The van der Waals surface area contributed by atoms with Gasteiger partial charge in [0.25, 0.3) is 5.91 Å². The first-order valence-electron chi connectivity index (χ1n) is 6.00. The van der Waals surface area contributed by atoms with Crippen LogP contribution in [-0.4, -0.2) is 17.4 Å². The molecule has 0 radical (unpaired) electrons. The van der Waals surface area contributed by atoms with Crippen LogP contribution < -0.4 is 5.32 Å². The summed E-state index contributed by atoms with van der Waals surface area (Å²) in [6.45, 7) is 9.08. The second-order valence-electron chi connectivity index (χ2n) is 5.40. The standard InChI is InChI=1S/C14H19N3O/c1-10(2)14(3,4)9-17-13(18)12-5-11(6-15)7-16-8-12/h5,7-8,10H,9H2,1-4H3,(H,17,18). The van der Waals surface area contributed by atoms with Crippen LogP contribution in [0.3, 0.4) is 0 Å². The molecule has 0 fully saturated rings. The molecule has 0 saturated heterocycles. The Balaban J connectivity index is 2.69. The molecule has 0 atom stereocenters. The highest BCUT2D eigenvalue weighted by atomic mass is 16.1. The summed E-state index contributed by atoms with van der Waals surface area (Å²) in [6.07, 6.45) is 2.91. The minimum Gasteiger partial charge on any atom is -0.351 e. The lowest BCUT2D eigenvalue weighted by Crippen LogP contribution is -2.37. The molecule has 4 heteroatoms. The highest BCUT2D eigenvalue weighted by Gasteiger charge is 2.23. The van der Waals surface area contributed by atoms with Crippen molar-refractivity contribution in [1.29, 1.82) is 5.26 Å². The van der Waals surface area contributed by atoms with Crippen molar-refractivity contribution in [3.05, 3.63) is 29.6 Å². The third kappa shape index (κ3) is 3.56. The van der Waals surface area contributed by atoms with E-state index < -0.39 is 0 Å². The normalized spacial score (nSPS) is 11.1. The molecular weight excluding hydrogens is 226 g/mol. The van der Waals surface area contributed by atoms with Gasteiger partial charge in [-0.05, 0) is 17.4 Å². The Labute approximate surface area is 108 Å². The summed E-state index contributed by atoms with van der Waals surface area (Å²) in [4.78, 5) is 15.8. The lowest BCUT2D eigenvalue weighted by molar-refractivity contribution is 0.0924. The molecule has 0 unspecified atom stereocenters. The Morgan fingerprint density at radius 3 is 2.72 bits per heavy atom. The van der Waals surface area contributed by atoms with E-state index in [1.165, 1.54) is 12.4 Å². The lowest BCUT2D eigenvalue weighted by Gasteiger charge is -2.29. The second kappa shape index (κ2) is 5.63. The molecular formula is C14H19N3O. The van der Waals surface area contributed by atoms with Crippen LogP contribution in [0.25, 0.3) is 0 Å². The number of nitrogens with one attached hydrogen (secondary N) is 1. The third-order valence-electron chi connectivity index (χ3n) is 3.40. The molecule has 0 aliphatic heterocycles. The maximum absolute atomic E-state index is 11.9. The SMILES string of the molecule is CC(C)C(C)(C)CNC(=O)c1cncc(C#N)c1. The molecule has 0 spiro atoms. The molecule has 1 heterocycles. The zero-order valence-electron chi connectivity index (χ0n) is 11.3. The quantitative estimate of drug-likeness (QED) is 0.885. The molecule has 1 N–H and O–H groups in total. The topological polar surface area (TPSA) is 65.8 Å². The van der Waals surface area contributed by atoms with E-state index in [9.17, 15) is 4.79 Å². The van der Waals surface area contributed by atoms with Crippen molar-refractivity contribution in [1.82, 2.24) is 10.3 Å². The van der Waals surface area contributed by atoms with Crippen LogP contribution in [0, 0.1) is 22.7 Å². The molecule has 18 heavy (non-hydrogen) atoms. The third-order valence-corrected chi connectivity index (χ3v) is 3.40. The van der Waals surface area contributed by atoms with Crippen LogP contribution >= 0.6 is 0 Å². The maximum Gasteiger partial charge on any atom is 0.252 e. The highest BCUT2D eigenvalue weighted by molar-refractivity contribution is 5.94. The van der Waals surface area contributed by atoms with Crippen LogP contribution in [0.15, 0.2) is 18.5 Å². The number of rotatable bonds is 4. The van der Waals surface area contributed by atoms with Gasteiger partial charge in [0.1, 0.15) is 6.07 Å². The van der Waals surface area contributed by atoms with Crippen LogP contribution in [0.4, 0.5) is 0 Å². The van der Waals surface area contributed by atoms with Gasteiger partial charge in [-0.3, -0.25) is 9.78 Å². The number of carbonyl (C=O) groups excluding carboxylic acids is 1. The fraction of sp³-hybridized carbons (Fsp3) is 0.500. The van der Waals surface area contributed by atoms with E-state index in [1.807, 2.05) is 6.07 Å². The molecule has 4 nitrogen and oxygen atoms in total. The minimum atomic E-state index is -0.187. The van der Waals surface area contributed by atoms with Gasteiger partial charge in [0.05, 0.1) is 11.1 Å². The largest absolute Gasteiger partial charge is 0.351 e. The van der Waals surface area contributed by atoms with E-state index in [-0.39, 0.29) is 11.3 Å². The molecule has 0 saturated carbocycles. The number of aromatic nitrogens is 1. The summed E-state index contributed by atoms with van der Waals surface area (Å²) < 4.78 is 0. The molecule has 0 aromatic carbocycles. The van der Waals surface area contributed by atoms with Crippen molar-refractivity contribution < 1.29 is 4.79 Å². The zero-order valence-corrected chi connectivity index (χ0v) is 11.3. The monoisotopic (exact) mass is 245 g/mol. The Bertz CT molecular complexity index is 472. The number of hydrogen-bond donors (Lipinski definition) is 1. The van der Waals surface area contributed by atoms with E-state index in [0.717, 1.165) is 0 Å². The Morgan fingerprint density at radius 2 is 2.17 bits per heavy atom. The van der Waals surface area contributed by atoms with Gasteiger partial charge in [-0.25, -0.2) is 0 Å². The fourth-order valence-corrected chi connectivity index (χ4v) is 1.24. The summed E-state index contributed by atoms with van der Waals surface area (Å²) in [5, 5.41) is 11.6. The molecule has 1 rings (SSSR count). The van der Waals surface area contributed by atoms with Crippen molar-refractivity contribution in [2.75, 3.05) is 6.54 Å². The van der Waals surface area contributed by atoms with E-state index in [2.05, 4.69) is 38.0 Å². The minimum absolute atomic E-state index is 0.0376. The number of hydrogen-bond acceptors (Lipinski definition) is 3. The number of pyridine rings is 1. The van der Waals surface area contributed by atoms with E-state index >= 15 is 0 Å². The van der Waals surface area contributed by atoms with Gasteiger partial charge in [-0.15, -0.1) is 0 Å². The first-order valence-corrected chi connectivity index (χ1v) is 6.00. The van der Waals surface area contributed by atoms with Crippen LogP contribution in [0.2, 0.25) is 0 Å². The second-order valence-corrected chi connectivity index (χ2v) is 5.40. The van der Waals surface area contributed by atoms with Crippen LogP contribution in [-0.2, 0) is 0 Å². The van der Waals surface area contributed by atoms with Crippen LogP contribution in [0.1, 0.15) is 43.6 Å². The Kier molecular flexibility index (Phi) is 4.43. The van der Waals surface area contributed by atoms with E-state index in [1.54, 1.807) is 6.07 Å². The molecule has 96 valence electrons. The highest BCUT2D eigenvalue weighted by Crippen LogP contribution is 2.24. The molecule has 0 aliphatic carbocycles. The average molecular weight is 245 g/mol. The number of nitrogens with zero attached hydrogens (tertiary/aromatic N) is 2. The molecule has 0 bridgehead atoms. The Morgan fingerprint density at radius 1 is 1.50 bits per heavy atom. The van der Waals surface area contributed by atoms with Gasteiger partial charge in [-0.2, -0.15) is 5.26 Å². The molecule has 0 aliphatic rings.